The molecule has 0 unspecified atom stereocenters. The second-order valence-electron chi connectivity index (χ2n) is 4.48. The third-order valence-corrected chi connectivity index (χ3v) is 2.74. The smallest absolute Gasteiger partial charge is 0.502 e. The number of aliphatic carboxylic acids is 1. The van der Waals surface area contributed by atoms with Crippen LogP contribution in [0.2, 0.25) is 0 Å². The summed E-state index contributed by atoms with van der Waals surface area (Å²) >= 11 is 0. The van der Waals surface area contributed by atoms with Crippen LogP contribution in [0.25, 0.3) is 0 Å². The lowest BCUT2D eigenvalue weighted by Gasteiger charge is -2.15. The summed E-state index contributed by atoms with van der Waals surface area (Å²) in [7, 11) is 1.35. The number of carbonyl (C=O) groups excluding carboxylic acids is 1. The molecule has 0 spiro atoms. The van der Waals surface area contributed by atoms with E-state index in [0.29, 0.717) is 11.6 Å². The molecular weight excluding hydrogens is 304 g/mol. The van der Waals surface area contributed by atoms with Gasteiger partial charge in [0.15, 0.2) is 11.5 Å². The Bertz CT molecular complexity index is 658. The molecule has 0 aromatic heterocycles. The Morgan fingerprint density at radius 2 is 1.91 bits per heavy atom. The van der Waals surface area contributed by atoms with Gasteiger partial charge in [0, 0.05) is 13.6 Å². The summed E-state index contributed by atoms with van der Waals surface area (Å²) in [6.07, 6.45) is -3.18. The van der Waals surface area contributed by atoms with E-state index in [1.165, 1.54) is 25.2 Å². The van der Waals surface area contributed by atoms with Crippen molar-refractivity contribution in [2.45, 2.75) is 12.8 Å². The van der Waals surface area contributed by atoms with Gasteiger partial charge >= 0.3 is 12.3 Å². The highest BCUT2D eigenvalue weighted by Crippen LogP contribution is 2.41. The molecule has 118 valence electrons. The molecule has 1 aliphatic rings. The Morgan fingerprint density at radius 1 is 1.27 bits per heavy atom. The lowest BCUT2D eigenvalue weighted by atomic mass is 10.2. The maximum Gasteiger partial charge on any atom is 0.586 e. The van der Waals surface area contributed by atoms with Crippen molar-refractivity contribution in [1.29, 1.82) is 0 Å². The molecule has 0 aliphatic carbocycles. The first kappa shape index (κ1) is 15.5. The van der Waals surface area contributed by atoms with E-state index in [2.05, 4.69) is 9.47 Å². The molecular formula is C13H11F2NO6. The summed E-state index contributed by atoms with van der Waals surface area (Å²) < 4.78 is 34.3. The number of aliphatic hydroxyl groups is 1. The van der Waals surface area contributed by atoms with Gasteiger partial charge < -0.3 is 24.6 Å². The van der Waals surface area contributed by atoms with Crippen LogP contribution in [0.1, 0.15) is 5.56 Å². The molecule has 1 amide bonds. The average Bonchev–Trinajstić information content (AvgIpc) is 2.71. The summed E-state index contributed by atoms with van der Waals surface area (Å²) in [6, 6.07) is 4.00. The minimum absolute atomic E-state index is 0.00948. The summed E-state index contributed by atoms with van der Waals surface area (Å²) in [4.78, 5) is 23.2. The fourth-order valence-electron chi connectivity index (χ4n) is 1.73. The molecule has 0 saturated heterocycles. The van der Waals surface area contributed by atoms with Gasteiger partial charge in [-0.05, 0) is 17.7 Å². The van der Waals surface area contributed by atoms with Crippen LogP contribution in [-0.2, 0) is 16.1 Å². The highest BCUT2D eigenvalue weighted by atomic mass is 19.3. The first-order chi connectivity index (χ1) is 10.2. The SMILES string of the molecule is CN(Cc1ccc2c(c1)OC(F)(F)O2)C(=O)/C=C(\O)C(=O)O. The van der Waals surface area contributed by atoms with Crippen LogP contribution in [0.15, 0.2) is 30.0 Å². The number of carbonyl (C=O) groups is 2. The molecule has 0 fully saturated rings. The molecule has 1 aromatic carbocycles. The van der Waals surface area contributed by atoms with Crippen molar-refractivity contribution in [3.8, 4) is 11.5 Å². The number of hydrogen-bond donors (Lipinski definition) is 2. The van der Waals surface area contributed by atoms with Gasteiger partial charge in [0.25, 0.3) is 5.91 Å². The second kappa shape index (κ2) is 5.51. The van der Waals surface area contributed by atoms with Crippen LogP contribution < -0.4 is 9.47 Å². The maximum atomic E-state index is 12.9. The number of rotatable bonds is 4. The van der Waals surface area contributed by atoms with Crippen LogP contribution >= 0.6 is 0 Å². The van der Waals surface area contributed by atoms with Crippen molar-refractivity contribution in [3.05, 3.63) is 35.6 Å². The van der Waals surface area contributed by atoms with Gasteiger partial charge in [0.1, 0.15) is 0 Å². The molecule has 2 N–H and O–H groups in total. The van der Waals surface area contributed by atoms with Crippen LogP contribution in [-0.4, -0.2) is 40.3 Å². The molecule has 22 heavy (non-hydrogen) atoms. The van der Waals surface area contributed by atoms with E-state index in [-0.39, 0.29) is 18.0 Å². The Labute approximate surface area is 123 Å². The maximum absolute atomic E-state index is 12.9. The zero-order valence-corrected chi connectivity index (χ0v) is 11.2. The minimum Gasteiger partial charge on any atom is -0.502 e. The lowest BCUT2D eigenvalue weighted by molar-refractivity contribution is -0.286. The molecule has 7 nitrogen and oxygen atoms in total. The summed E-state index contributed by atoms with van der Waals surface area (Å²) in [6.45, 7) is -0.00948. The molecule has 1 aromatic rings. The van der Waals surface area contributed by atoms with E-state index in [1.807, 2.05) is 0 Å². The fourth-order valence-corrected chi connectivity index (χ4v) is 1.73. The number of amides is 1. The van der Waals surface area contributed by atoms with E-state index < -0.39 is 23.9 Å². The van der Waals surface area contributed by atoms with Crippen LogP contribution in [0.3, 0.4) is 0 Å². The Balaban J connectivity index is 2.08. The largest absolute Gasteiger partial charge is 0.586 e. The Kier molecular flexibility index (Phi) is 3.89. The van der Waals surface area contributed by atoms with Crippen LogP contribution in [0.5, 0.6) is 11.5 Å². The number of hydrogen-bond acceptors (Lipinski definition) is 5. The highest BCUT2D eigenvalue weighted by Gasteiger charge is 2.43. The fraction of sp³-hybridized carbons (Fsp3) is 0.231. The number of ether oxygens (including phenoxy) is 2. The number of aliphatic hydroxyl groups excluding tert-OH is 1. The summed E-state index contributed by atoms with van der Waals surface area (Å²) in [5, 5.41) is 17.5. The molecule has 0 saturated carbocycles. The topological polar surface area (TPSA) is 96.3 Å². The van der Waals surface area contributed by atoms with Crippen LogP contribution in [0, 0.1) is 0 Å². The number of carboxylic acids is 1. The molecule has 9 heteroatoms. The van der Waals surface area contributed by atoms with Gasteiger partial charge in [-0.25, -0.2) is 4.79 Å². The summed E-state index contributed by atoms with van der Waals surface area (Å²) in [5.74, 6) is -3.77. The second-order valence-corrected chi connectivity index (χ2v) is 4.48. The van der Waals surface area contributed by atoms with Crippen molar-refractivity contribution < 1.29 is 38.1 Å². The zero-order chi connectivity index (χ0) is 16.5. The van der Waals surface area contributed by atoms with Gasteiger partial charge in [-0.15, -0.1) is 8.78 Å². The molecule has 2 rings (SSSR count). The number of likely N-dealkylation sites (N-methyl/N-ethyl adjacent to an activating group) is 1. The Hall–Kier alpha value is -2.84. The lowest BCUT2D eigenvalue weighted by Crippen LogP contribution is -2.26. The number of nitrogens with zero attached hydrogens (tertiary/aromatic N) is 1. The third kappa shape index (κ3) is 3.43. The normalized spacial score (nSPS) is 15.5. The first-order valence-electron chi connectivity index (χ1n) is 5.96. The number of benzene rings is 1. The first-order valence-corrected chi connectivity index (χ1v) is 5.96. The van der Waals surface area contributed by atoms with E-state index in [1.54, 1.807) is 0 Å². The van der Waals surface area contributed by atoms with Crippen molar-refractivity contribution in [2.24, 2.45) is 0 Å². The van der Waals surface area contributed by atoms with Gasteiger partial charge in [-0.2, -0.15) is 0 Å². The minimum atomic E-state index is -3.72. The number of carboxylic acid groups (broad SMARTS) is 1. The van der Waals surface area contributed by atoms with Crippen molar-refractivity contribution in [3.63, 3.8) is 0 Å². The van der Waals surface area contributed by atoms with Crippen molar-refractivity contribution in [1.82, 2.24) is 4.90 Å². The van der Waals surface area contributed by atoms with E-state index >= 15 is 0 Å². The predicted molar refractivity (Wildman–Crippen MR) is 67.5 cm³/mol. The quantitative estimate of drug-likeness (QED) is 0.645. The standard InChI is InChI=1S/C13H11F2NO6/c1-16(11(18)5-8(17)12(19)20)6-7-2-3-9-10(4-7)22-13(14,15)21-9/h2-5,17H,6H2,1H3,(H,19,20)/b8-5-. The number of alkyl halides is 2. The zero-order valence-electron chi connectivity index (χ0n) is 11.2. The van der Waals surface area contributed by atoms with Gasteiger partial charge in [-0.3, -0.25) is 4.79 Å². The number of fused-ring (bicyclic) bond motifs is 1. The molecule has 0 bridgehead atoms. The molecule has 0 radical (unpaired) electrons. The van der Waals surface area contributed by atoms with E-state index in [9.17, 15) is 18.4 Å². The van der Waals surface area contributed by atoms with E-state index in [0.717, 1.165) is 4.90 Å². The van der Waals surface area contributed by atoms with Gasteiger partial charge in [0.05, 0.1) is 6.08 Å². The van der Waals surface area contributed by atoms with Gasteiger partial charge in [-0.1, -0.05) is 6.07 Å². The Morgan fingerprint density at radius 3 is 2.55 bits per heavy atom. The summed E-state index contributed by atoms with van der Waals surface area (Å²) in [5.41, 5.74) is 0.458. The third-order valence-electron chi connectivity index (χ3n) is 2.74. The monoisotopic (exact) mass is 315 g/mol. The molecule has 0 atom stereocenters. The van der Waals surface area contributed by atoms with Crippen molar-refractivity contribution >= 4 is 11.9 Å². The molecule has 1 heterocycles. The predicted octanol–water partition coefficient (Wildman–Crippen LogP) is 1.49. The van der Waals surface area contributed by atoms with Crippen molar-refractivity contribution in [2.75, 3.05) is 7.05 Å². The average molecular weight is 315 g/mol. The van der Waals surface area contributed by atoms with E-state index in [4.69, 9.17) is 10.2 Å². The van der Waals surface area contributed by atoms with Crippen LogP contribution in [0.4, 0.5) is 8.78 Å². The van der Waals surface area contributed by atoms with Gasteiger partial charge in [0.2, 0.25) is 5.76 Å². The highest BCUT2D eigenvalue weighted by molar-refractivity contribution is 5.95. The molecule has 1 aliphatic heterocycles. The number of halogens is 2.